The number of rotatable bonds is 4. The van der Waals surface area contributed by atoms with E-state index >= 15 is 0 Å². The zero-order valence-electron chi connectivity index (χ0n) is 13.5. The Bertz CT molecular complexity index is 764. The van der Waals surface area contributed by atoms with Crippen molar-refractivity contribution in [3.63, 3.8) is 0 Å². The number of halogens is 3. The second-order valence-electron chi connectivity index (χ2n) is 5.89. The summed E-state index contributed by atoms with van der Waals surface area (Å²) in [5.74, 6) is -0.328. The molecule has 1 aliphatic heterocycles. The van der Waals surface area contributed by atoms with Crippen molar-refractivity contribution < 1.29 is 9.18 Å². The molecule has 1 N–H and O–H groups in total. The van der Waals surface area contributed by atoms with E-state index in [0.29, 0.717) is 47.6 Å². The number of hydrogen-bond acceptors (Lipinski definition) is 3. The second-order valence-corrected chi connectivity index (χ2v) is 6.71. The molecule has 25 heavy (non-hydrogen) atoms. The predicted molar refractivity (Wildman–Crippen MR) is 100 cm³/mol. The molecule has 0 aliphatic carbocycles. The van der Waals surface area contributed by atoms with Crippen LogP contribution >= 0.6 is 23.2 Å². The number of piperazine rings is 1. The number of benzene rings is 2. The standard InChI is InChI=1S/C18H18Cl2FN3O/c19-14-6-5-13(11-15(14)20)22-18(25)12-23-7-9-24(10-8-23)17-4-2-1-3-16(17)21/h1-6,11H,7-10,12H2,(H,22,25). The number of amides is 1. The van der Waals surface area contributed by atoms with Gasteiger partial charge in [-0.3, -0.25) is 9.69 Å². The first-order valence-corrected chi connectivity index (χ1v) is 8.75. The fraction of sp³-hybridized carbons (Fsp3) is 0.278. The maximum Gasteiger partial charge on any atom is 0.238 e. The molecule has 0 atom stereocenters. The van der Waals surface area contributed by atoms with Crippen molar-refractivity contribution in [2.45, 2.75) is 0 Å². The van der Waals surface area contributed by atoms with Crippen LogP contribution in [-0.2, 0) is 4.79 Å². The summed E-state index contributed by atoms with van der Waals surface area (Å²) in [6.07, 6.45) is 0. The third-order valence-electron chi connectivity index (χ3n) is 4.14. The number of nitrogens with zero attached hydrogens (tertiary/aromatic N) is 2. The maximum absolute atomic E-state index is 13.8. The average Bonchev–Trinajstić information content (AvgIpc) is 2.59. The molecule has 0 spiro atoms. The Labute approximate surface area is 156 Å². The molecule has 0 radical (unpaired) electrons. The predicted octanol–water partition coefficient (Wildman–Crippen LogP) is 3.89. The molecule has 0 bridgehead atoms. The van der Waals surface area contributed by atoms with E-state index in [-0.39, 0.29) is 18.3 Å². The lowest BCUT2D eigenvalue weighted by atomic mass is 10.2. The molecule has 1 heterocycles. The minimum atomic E-state index is -0.215. The Morgan fingerprint density at radius 2 is 1.76 bits per heavy atom. The molecule has 3 rings (SSSR count). The second kappa shape index (κ2) is 8.04. The molecule has 0 aromatic heterocycles. The van der Waals surface area contributed by atoms with E-state index < -0.39 is 0 Å². The molecular weight excluding hydrogens is 364 g/mol. The minimum Gasteiger partial charge on any atom is -0.367 e. The molecular formula is C18H18Cl2FN3O. The number of para-hydroxylation sites is 1. The highest BCUT2D eigenvalue weighted by atomic mass is 35.5. The number of nitrogens with one attached hydrogen (secondary N) is 1. The molecule has 2 aromatic carbocycles. The summed E-state index contributed by atoms with van der Waals surface area (Å²) in [6, 6.07) is 11.7. The number of carbonyl (C=O) groups is 1. The van der Waals surface area contributed by atoms with Gasteiger partial charge in [-0.2, -0.15) is 0 Å². The summed E-state index contributed by atoms with van der Waals surface area (Å²) in [6.45, 7) is 3.04. The normalized spacial score (nSPS) is 15.2. The Morgan fingerprint density at radius 3 is 2.44 bits per heavy atom. The van der Waals surface area contributed by atoms with E-state index in [9.17, 15) is 9.18 Å². The lowest BCUT2D eigenvalue weighted by Gasteiger charge is -2.35. The third kappa shape index (κ3) is 4.63. The topological polar surface area (TPSA) is 35.6 Å². The van der Waals surface area contributed by atoms with Gasteiger partial charge in [0.15, 0.2) is 0 Å². The third-order valence-corrected chi connectivity index (χ3v) is 4.88. The minimum absolute atomic E-state index is 0.113. The van der Waals surface area contributed by atoms with E-state index in [0.717, 1.165) is 0 Å². The molecule has 0 saturated carbocycles. The van der Waals surface area contributed by atoms with E-state index in [1.54, 1.807) is 30.3 Å². The zero-order chi connectivity index (χ0) is 17.8. The van der Waals surface area contributed by atoms with Crippen LogP contribution in [0.15, 0.2) is 42.5 Å². The SMILES string of the molecule is O=C(CN1CCN(c2ccccc2F)CC1)Nc1ccc(Cl)c(Cl)c1. The fourth-order valence-corrected chi connectivity index (χ4v) is 3.13. The van der Waals surface area contributed by atoms with Crippen LogP contribution in [0.2, 0.25) is 10.0 Å². The van der Waals surface area contributed by atoms with Crippen LogP contribution in [0, 0.1) is 5.82 Å². The Balaban J connectivity index is 1.51. The number of carbonyl (C=O) groups excluding carboxylic acids is 1. The highest BCUT2D eigenvalue weighted by Crippen LogP contribution is 2.25. The molecule has 0 unspecified atom stereocenters. The monoisotopic (exact) mass is 381 g/mol. The highest BCUT2D eigenvalue weighted by Gasteiger charge is 2.20. The van der Waals surface area contributed by atoms with Gasteiger partial charge in [0.1, 0.15) is 5.82 Å². The molecule has 4 nitrogen and oxygen atoms in total. The van der Waals surface area contributed by atoms with Gasteiger partial charge in [-0.05, 0) is 30.3 Å². The van der Waals surface area contributed by atoms with Gasteiger partial charge < -0.3 is 10.2 Å². The molecule has 1 saturated heterocycles. The van der Waals surface area contributed by atoms with Crippen molar-refractivity contribution in [2.75, 3.05) is 42.9 Å². The highest BCUT2D eigenvalue weighted by molar-refractivity contribution is 6.42. The first-order chi connectivity index (χ1) is 12.0. The molecule has 2 aromatic rings. The van der Waals surface area contributed by atoms with Crippen LogP contribution in [0.4, 0.5) is 15.8 Å². The lowest BCUT2D eigenvalue weighted by molar-refractivity contribution is -0.117. The summed E-state index contributed by atoms with van der Waals surface area (Å²) < 4.78 is 13.8. The van der Waals surface area contributed by atoms with Gasteiger partial charge in [-0.25, -0.2) is 4.39 Å². The van der Waals surface area contributed by atoms with Crippen molar-refractivity contribution >= 4 is 40.5 Å². The van der Waals surface area contributed by atoms with Gasteiger partial charge >= 0.3 is 0 Å². The molecule has 1 amide bonds. The van der Waals surface area contributed by atoms with Gasteiger partial charge in [0.05, 0.1) is 22.3 Å². The summed E-state index contributed by atoms with van der Waals surface area (Å²) in [5.41, 5.74) is 1.23. The summed E-state index contributed by atoms with van der Waals surface area (Å²) >= 11 is 11.8. The van der Waals surface area contributed by atoms with Crippen LogP contribution in [0.5, 0.6) is 0 Å². The Hall–Kier alpha value is -1.82. The fourth-order valence-electron chi connectivity index (χ4n) is 2.83. The molecule has 1 aliphatic rings. The lowest BCUT2D eigenvalue weighted by Crippen LogP contribution is -2.48. The van der Waals surface area contributed by atoms with Crippen LogP contribution in [-0.4, -0.2) is 43.5 Å². The van der Waals surface area contributed by atoms with Crippen molar-refractivity contribution in [1.29, 1.82) is 0 Å². The van der Waals surface area contributed by atoms with Gasteiger partial charge in [0, 0.05) is 31.9 Å². The first kappa shape index (κ1) is 18.0. The van der Waals surface area contributed by atoms with Crippen molar-refractivity contribution in [3.8, 4) is 0 Å². The summed E-state index contributed by atoms with van der Waals surface area (Å²) in [4.78, 5) is 16.2. The van der Waals surface area contributed by atoms with Crippen LogP contribution in [0.3, 0.4) is 0 Å². The first-order valence-electron chi connectivity index (χ1n) is 7.99. The summed E-state index contributed by atoms with van der Waals surface area (Å²) in [5, 5.41) is 3.66. The molecule has 1 fully saturated rings. The van der Waals surface area contributed by atoms with Crippen LogP contribution in [0.1, 0.15) is 0 Å². The van der Waals surface area contributed by atoms with Crippen LogP contribution in [0.25, 0.3) is 0 Å². The van der Waals surface area contributed by atoms with E-state index in [2.05, 4.69) is 5.32 Å². The van der Waals surface area contributed by atoms with Gasteiger partial charge in [-0.1, -0.05) is 35.3 Å². The van der Waals surface area contributed by atoms with E-state index in [1.807, 2.05) is 15.9 Å². The van der Waals surface area contributed by atoms with E-state index in [1.165, 1.54) is 6.07 Å². The summed E-state index contributed by atoms with van der Waals surface area (Å²) in [7, 11) is 0. The van der Waals surface area contributed by atoms with Crippen molar-refractivity contribution in [3.05, 3.63) is 58.3 Å². The number of hydrogen-bond donors (Lipinski definition) is 1. The Kier molecular flexibility index (Phi) is 5.78. The quantitative estimate of drug-likeness (QED) is 0.872. The van der Waals surface area contributed by atoms with Crippen molar-refractivity contribution in [1.82, 2.24) is 4.90 Å². The Morgan fingerprint density at radius 1 is 1.04 bits per heavy atom. The average molecular weight is 382 g/mol. The van der Waals surface area contributed by atoms with E-state index in [4.69, 9.17) is 23.2 Å². The van der Waals surface area contributed by atoms with Crippen molar-refractivity contribution in [2.24, 2.45) is 0 Å². The van der Waals surface area contributed by atoms with Gasteiger partial charge in [0.25, 0.3) is 0 Å². The maximum atomic E-state index is 13.8. The zero-order valence-corrected chi connectivity index (χ0v) is 15.0. The number of anilines is 2. The van der Waals surface area contributed by atoms with Gasteiger partial charge in [0.2, 0.25) is 5.91 Å². The van der Waals surface area contributed by atoms with Gasteiger partial charge in [-0.15, -0.1) is 0 Å². The van der Waals surface area contributed by atoms with Crippen LogP contribution < -0.4 is 10.2 Å². The molecule has 7 heteroatoms. The smallest absolute Gasteiger partial charge is 0.238 e. The largest absolute Gasteiger partial charge is 0.367 e. The molecule has 132 valence electrons.